The van der Waals surface area contributed by atoms with E-state index in [4.69, 9.17) is 4.74 Å². The minimum atomic E-state index is 0.361. The molecule has 1 saturated carbocycles. The van der Waals surface area contributed by atoms with Crippen molar-refractivity contribution in [3.63, 3.8) is 0 Å². The van der Waals surface area contributed by atoms with Gasteiger partial charge in [0.25, 0.3) is 0 Å². The number of aromatic nitrogens is 1. The lowest BCUT2D eigenvalue weighted by Gasteiger charge is -2.31. The molecule has 0 aromatic carbocycles. The lowest BCUT2D eigenvalue weighted by atomic mass is 9.82. The minimum Gasteiger partial charge on any atom is -0.489 e. The Morgan fingerprint density at radius 2 is 1.95 bits per heavy atom. The van der Waals surface area contributed by atoms with Crippen LogP contribution in [0.25, 0.3) is 0 Å². The largest absolute Gasteiger partial charge is 0.489 e. The Morgan fingerprint density at radius 3 is 2.55 bits per heavy atom. The number of hydrogen-bond donors (Lipinski definition) is 1. The van der Waals surface area contributed by atoms with Crippen LogP contribution in [-0.4, -0.2) is 17.6 Å². The first-order chi connectivity index (χ1) is 9.67. The second kappa shape index (κ2) is 7.63. The summed E-state index contributed by atoms with van der Waals surface area (Å²) in [4.78, 5) is 4.47. The highest BCUT2D eigenvalue weighted by Crippen LogP contribution is 2.31. The average molecular weight is 276 g/mol. The Morgan fingerprint density at radius 1 is 1.20 bits per heavy atom. The van der Waals surface area contributed by atoms with Crippen molar-refractivity contribution in [2.45, 2.75) is 59.1 Å². The first-order valence-electron chi connectivity index (χ1n) is 7.99. The lowest BCUT2D eigenvalue weighted by molar-refractivity contribution is 0.101. The second-order valence-electron chi connectivity index (χ2n) is 6.32. The summed E-state index contributed by atoms with van der Waals surface area (Å²) in [5.41, 5.74) is 1.08. The zero-order valence-electron chi connectivity index (χ0n) is 13.1. The van der Waals surface area contributed by atoms with Gasteiger partial charge in [-0.05, 0) is 56.2 Å². The van der Waals surface area contributed by atoms with Gasteiger partial charge in [0, 0.05) is 6.54 Å². The van der Waals surface area contributed by atoms with Gasteiger partial charge in [0.1, 0.15) is 5.75 Å². The van der Waals surface area contributed by atoms with E-state index in [1.54, 1.807) is 0 Å². The van der Waals surface area contributed by atoms with Gasteiger partial charge in [-0.1, -0.05) is 20.8 Å². The van der Waals surface area contributed by atoms with Crippen LogP contribution in [0, 0.1) is 11.8 Å². The molecule has 2 atom stereocenters. The molecule has 112 valence electrons. The average Bonchev–Trinajstić information content (AvgIpc) is 2.40. The first-order valence-corrected chi connectivity index (χ1v) is 7.99. The summed E-state index contributed by atoms with van der Waals surface area (Å²) in [6, 6.07) is 4.12. The minimum absolute atomic E-state index is 0.361. The van der Waals surface area contributed by atoms with Crippen LogP contribution in [0.15, 0.2) is 18.3 Å². The van der Waals surface area contributed by atoms with Crippen LogP contribution in [0.1, 0.15) is 52.1 Å². The van der Waals surface area contributed by atoms with Crippen LogP contribution in [-0.2, 0) is 6.54 Å². The molecule has 0 bridgehead atoms. The summed E-state index contributed by atoms with van der Waals surface area (Å²) in [7, 11) is 0. The molecule has 0 radical (unpaired) electrons. The normalized spacial score (nSPS) is 26.4. The first kappa shape index (κ1) is 15.3. The molecule has 0 amide bonds. The fourth-order valence-electron chi connectivity index (χ4n) is 3.14. The predicted octanol–water partition coefficient (Wildman–Crippen LogP) is 3.78. The van der Waals surface area contributed by atoms with Crippen molar-refractivity contribution in [3.8, 4) is 5.75 Å². The second-order valence-corrected chi connectivity index (χ2v) is 6.32. The molecule has 0 aliphatic heterocycles. The van der Waals surface area contributed by atoms with Crippen molar-refractivity contribution < 1.29 is 4.74 Å². The van der Waals surface area contributed by atoms with E-state index in [0.717, 1.165) is 42.8 Å². The lowest BCUT2D eigenvalue weighted by Crippen LogP contribution is -2.28. The molecule has 1 N–H and O–H groups in total. The molecule has 2 rings (SSSR count). The summed E-state index contributed by atoms with van der Waals surface area (Å²) < 4.78 is 6.09. The third kappa shape index (κ3) is 4.78. The molecule has 1 aromatic heterocycles. The zero-order valence-corrected chi connectivity index (χ0v) is 13.1. The van der Waals surface area contributed by atoms with Crippen molar-refractivity contribution in [2.75, 3.05) is 6.54 Å². The SMILES string of the molecule is CCCNCc1ccc(OC2CC(C)CC(C)C2)cn1. The van der Waals surface area contributed by atoms with E-state index in [-0.39, 0.29) is 0 Å². The third-order valence-corrected chi connectivity index (χ3v) is 3.97. The Hall–Kier alpha value is -1.09. The van der Waals surface area contributed by atoms with Gasteiger partial charge in [0.05, 0.1) is 18.0 Å². The fraction of sp³-hybridized carbons (Fsp3) is 0.706. The van der Waals surface area contributed by atoms with Gasteiger partial charge in [0.15, 0.2) is 0 Å². The van der Waals surface area contributed by atoms with Gasteiger partial charge in [-0.15, -0.1) is 0 Å². The van der Waals surface area contributed by atoms with Crippen LogP contribution >= 0.6 is 0 Å². The van der Waals surface area contributed by atoms with Crippen LogP contribution in [0.4, 0.5) is 0 Å². The Kier molecular flexibility index (Phi) is 5.84. The van der Waals surface area contributed by atoms with Crippen molar-refractivity contribution in [3.05, 3.63) is 24.0 Å². The molecular formula is C17H28N2O. The monoisotopic (exact) mass is 276 g/mol. The number of nitrogens with one attached hydrogen (secondary N) is 1. The predicted molar refractivity (Wildman–Crippen MR) is 82.8 cm³/mol. The number of ether oxygens (including phenoxy) is 1. The van der Waals surface area contributed by atoms with Crippen molar-refractivity contribution in [1.29, 1.82) is 0 Å². The van der Waals surface area contributed by atoms with Gasteiger partial charge in [-0.3, -0.25) is 4.98 Å². The van der Waals surface area contributed by atoms with Crippen molar-refractivity contribution >= 4 is 0 Å². The summed E-state index contributed by atoms with van der Waals surface area (Å²) in [6.45, 7) is 8.70. The Labute approximate surface area is 123 Å². The molecule has 3 heteroatoms. The maximum atomic E-state index is 6.09. The number of rotatable bonds is 6. The molecule has 0 saturated heterocycles. The van der Waals surface area contributed by atoms with E-state index in [1.807, 2.05) is 6.20 Å². The summed E-state index contributed by atoms with van der Waals surface area (Å²) in [6.07, 6.45) is 7.06. The molecule has 1 aromatic rings. The number of nitrogens with zero attached hydrogens (tertiary/aromatic N) is 1. The highest BCUT2D eigenvalue weighted by atomic mass is 16.5. The summed E-state index contributed by atoms with van der Waals surface area (Å²) >= 11 is 0. The van der Waals surface area contributed by atoms with Gasteiger partial charge >= 0.3 is 0 Å². The summed E-state index contributed by atoms with van der Waals surface area (Å²) in [5.74, 6) is 2.46. The van der Waals surface area contributed by atoms with Crippen LogP contribution in [0.2, 0.25) is 0 Å². The van der Waals surface area contributed by atoms with E-state index in [1.165, 1.54) is 19.3 Å². The molecule has 20 heavy (non-hydrogen) atoms. The van der Waals surface area contributed by atoms with E-state index >= 15 is 0 Å². The quantitative estimate of drug-likeness (QED) is 0.803. The topological polar surface area (TPSA) is 34.1 Å². The van der Waals surface area contributed by atoms with E-state index < -0.39 is 0 Å². The molecule has 1 heterocycles. The van der Waals surface area contributed by atoms with E-state index in [9.17, 15) is 0 Å². The summed E-state index contributed by atoms with van der Waals surface area (Å²) in [5, 5.41) is 3.36. The smallest absolute Gasteiger partial charge is 0.138 e. The molecular weight excluding hydrogens is 248 g/mol. The molecule has 3 nitrogen and oxygen atoms in total. The van der Waals surface area contributed by atoms with E-state index in [2.05, 4.69) is 43.2 Å². The third-order valence-electron chi connectivity index (χ3n) is 3.97. The highest BCUT2D eigenvalue weighted by Gasteiger charge is 2.25. The Bertz CT molecular complexity index is 380. The number of hydrogen-bond acceptors (Lipinski definition) is 3. The maximum absolute atomic E-state index is 6.09. The molecule has 2 unspecified atom stereocenters. The van der Waals surface area contributed by atoms with Crippen LogP contribution in [0.5, 0.6) is 5.75 Å². The maximum Gasteiger partial charge on any atom is 0.138 e. The zero-order chi connectivity index (χ0) is 14.4. The van der Waals surface area contributed by atoms with Gasteiger partial charge in [0.2, 0.25) is 0 Å². The van der Waals surface area contributed by atoms with Gasteiger partial charge in [-0.25, -0.2) is 0 Å². The molecule has 1 fully saturated rings. The molecule has 1 aliphatic carbocycles. The van der Waals surface area contributed by atoms with Gasteiger partial charge < -0.3 is 10.1 Å². The van der Waals surface area contributed by atoms with E-state index in [0.29, 0.717) is 6.10 Å². The highest BCUT2D eigenvalue weighted by molar-refractivity contribution is 5.20. The molecule has 1 aliphatic rings. The standard InChI is InChI=1S/C17H28N2O/c1-4-7-18-11-15-5-6-16(12-19-15)20-17-9-13(2)8-14(3)10-17/h5-6,12-14,17-18H,4,7-11H2,1-3H3. The van der Waals surface area contributed by atoms with Crippen LogP contribution < -0.4 is 10.1 Å². The van der Waals surface area contributed by atoms with Gasteiger partial charge in [-0.2, -0.15) is 0 Å². The van der Waals surface area contributed by atoms with Crippen LogP contribution in [0.3, 0.4) is 0 Å². The Balaban J connectivity index is 1.83. The number of pyridine rings is 1. The van der Waals surface area contributed by atoms with Crippen molar-refractivity contribution in [1.82, 2.24) is 10.3 Å². The molecule has 0 spiro atoms. The fourth-order valence-corrected chi connectivity index (χ4v) is 3.14. The van der Waals surface area contributed by atoms with Crippen molar-refractivity contribution in [2.24, 2.45) is 11.8 Å².